The highest BCUT2D eigenvalue weighted by atomic mass is 16.1. The van der Waals surface area contributed by atoms with E-state index in [2.05, 4.69) is 46.9 Å². The largest absolute Gasteiger partial charge is 0.348 e. The first-order valence-electron chi connectivity index (χ1n) is 6.70. The molecule has 1 aromatic carbocycles. The molecule has 19 heavy (non-hydrogen) atoms. The summed E-state index contributed by atoms with van der Waals surface area (Å²) in [5.41, 5.74) is 1.93. The summed E-state index contributed by atoms with van der Waals surface area (Å²) in [6.45, 7) is 13.7. The molecule has 1 aliphatic rings. The fourth-order valence-electron chi connectivity index (χ4n) is 1.17. The maximum atomic E-state index is 11.0. The van der Waals surface area contributed by atoms with Crippen LogP contribution < -0.4 is 5.32 Å². The third-order valence-corrected chi connectivity index (χ3v) is 1.70. The number of hydrogen-bond acceptors (Lipinski definition) is 1. The number of fused-ring (bicyclic) bond motifs is 1. The van der Waals surface area contributed by atoms with E-state index in [9.17, 15) is 4.79 Å². The van der Waals surface area contributed by atoms with Crippen LogP contribution in [0.3, 0.4) is 0 Å². The van der Waals surface area contributed by atoms with E-state index in [1.807, 2.05) is 24.3 Å². The molecule has 0 unspecified atom stereocenters. The van der Waals surface area contributed by atoms with Crippen molar-refractivity contribution >= 4 is 5.91 Å². The smallest absolute Gasteiger partial charge is 0.251 e. The normalized spacial score (nSPS) is 11.5. The van der Waals surface area contributed by atoms with Gasteiger partial charge in [0.1, 0.15) is 0 Å². The fraction of sp³-hybridized carbons (Fsp3) is 0.588. The van der Waals surface area contributed by atoms with Crippen molar-refractivity contribution in [1.82, 2.24) is 5.32 Å². The van der Waals surface area contributed by atoms with Crippen molar-refractivity contribution in [3.63, 3.8) is 0 Å². The Labute approximate surface area is 119 Å². The zero-order chi connectivity index (χ0) is 14.1. The van der Waals surface area contributed by atoms with E-state index in [0.717, 1.165) is 23.0 Å². The number of carbonyl (C=O) groups excluding carboxylic acids is 1. The van der Waals surface area contributed by atoms with Crippen molar-refractivity contribution in [3.05, 3.63) is 35.4 Å². The van der Waals surface area contributed by atoms with Crippen LogP contribution in [0.25, 0.3) is 0 Å². The van der Waals surface area contributed by atoms with Crippen molar-refractivity contribution in [1.29, 1.82) is 0 Å². The van der Waals surface area contributed by atoms with E-state index >= 15 is 0 Å². The Morgan fingerprint density at radius 1 is 0.947 bits per heavy atom. The van der Waals surface area contributed by atoms with Crippen LogP contribution in [0.1, 0.15) is 64.9 Å². The number of benzene rings is 1. The van der Waals surface area contributed by atoms with E-state index in [1.54, 1.807) is 0 Å². The van der Waals surface area contributed by atoms with Crippen LogP contribution in [0.15, 0.2) is 24.3 Å². The van der Waals surface area contributed by atoms with Gasteiger partial charge in [0, 0.05) is 12.1 Å². The Kier molecular flexibility index (Phi) is 11.2. The van der Waals surface area contributed by atoms with Crippen LogP contribution in [-0.2, 0) is 6.54 Å². The van der Waals surface area contributed by atoms with Crippen molar-refractivity contribution in [2.45, 2.75) is 55.5 Å². The van der Waals surface area contributed by atoms with Crippen LogP contribution in [0, 0.1) is 11.8 Å². The predicted molar refractivity (Wildman–Crippen MR) is 85.4 cm³/mol. The molecule has 1 aromatic rings. The van der Waals surface area contributed by atoms with E-state index in [1.165, 1.54) is 0 Å². The molecule has 0 fully saturated rings. The summed E-state index contributed by atoms with van der Waals surface area (Å²) in [7, 11) is 0. The maximum Gasteiger partial charge on any atom is 0.251 e. The summed E-state index contributed by atoms with van der Waals surface area (Å²) < 4.78 is 0. The molecule has 0 atom stereocenters. The Balaban J connectivity index is 0. The van der Waals surface area contributed by atoms with Crippen LogP contribution in [0.2, 0.25) is 0 Å². The highest BCUT2D eigenvalue weighted by Gasteiger charge is 2.16. The quantitative estimate of drug-likeness (QED) is 0.711. The minimum absolute atomic E-state index is 0. The molecule has 2 rings (SSSR count). The molecule has 0 saturated heterocycles. The molecule has 1 aliphatic heterocycles. The van der Waals surface area contributed by atoms with Crippen LogP contribution in [-0.4, -0.2) is 5.91 Å². The SMILES string of the molecule is C.CC(C)C.CC(C)C.O=C1NCc2ccccc21. The molecule has 0 aliphatic carbocycles. The van der Waals surface area contributed by atoms with Crippen LogP contribution in [0.5, 0.6) is 0 Å². The predicted octanol–water partition coefficient (Wildman–Crippen LogP) is 4.89. The summed E-state index contributed by atoms with van der Waals surface area (Å²) >= 11 is 0. The van der Waals surface area contributed by atoms with Gasteiger partial charge in [-0.05, 0) is 23.5 Å². The average Bonchev–Trinajstić information content (AvgIpc) is 2.60. The summed E-state index contributed by atoms with van der Waals surface area (Å²) in [6, 6.07) is 7.63. The van der Waals surface area contributed by atoms with Gasteiger partial charge in [-0.2, -0.15) is 0 Å². The van der Waals surface area contributed by atoms with Gasteiger partial charge in [0.05, 0.1) is 0 Å². The number of nitrogens with one attached hydrogen (secondary N) is 1. The third-order valence-electron chi connectivity index (χ3n) is 1.70. The van der Waals surface area contributed by atoms with Gasteiger partial charge < -0.3 is 5.32 Å². The second-order valence-electron chi connectivity index (χ2n) is 5.80. The van der Waals surface area contributed by atoms with Gasteiger partial charge >= 0.3 is 0 Å². The van der Waals surface area contributed by atoms with Crippen LogP contribution in [0.4, 0.5) is 0 Å². The first-order chi connectivity index (χ1) is 8.34. The second kappa shape index (κ2) is 10.6. The highest BCUT2D eigenvalue weighted by Crippen LogP contribution is 2.13. The molecule has 1 N–H and O–H groups in total. The maximum absolute atomic E-state index is 11.0. The molecule has 1 heterocycles. The Morgan fingerprint density at radius 3 is 1.79 bits per heavy atom. The lowest BCUT2D eigenvalue weighted by molar-refractivity contribution is 0.0966. The van der Waals surface area contributed by atoms with E-state index in [0.29, 0.717) is 6.54 Å². The van der Waals surface area contributed by atoms with Gasteiger partial charge in [-0.3, -0.25) is 4.79 Å². The van der Waals surface area contributed by atoms with Crippen molar-refractivity contribution in [3.8, 4) is 0 Å². The molecular formula is C17H31NO. The molecule has 0 bridgehead atoms. The Bertz CT molecular complexity index is 345. The first-order valence-corrected chi connectivity index (χ1v) is 6.70. The van der Waals surface area contributed by atoms with Gasteiger partial charge in [0.2, 0.25) is 0 Å². The summed E-state index contributed by atoms with van der Waals surface area (Å²) in [5.74, 6) is 1.72. The minimum atomic E-state index is 0. The molecular weight excluding hydrogens is 234 g/mol. The van der Waals surface area contributed by atoms with Crippen molar-refractivity contribution in [2.24, 2.45) is 11.8 Å². The Hall–Kier alpha value is -1.31. The highest BCUT2D eigenvalue weighted by molar-refractivity contribution is 5.98. The lowest BCUT2D eigenvalue weighted by Gasteiger charge is -1.89. The summed E-state index contributed by atoms with van der Waals surface area (Å²) in [5, 5.41) is 2.75. The van der Waals surface area contributed by atoms with Gasteiger partial charge in [-0.1, -0.05) is 67.2 Å². The van der Waals surface area contributed by atoms with Crippen molar-refractivity contribution < 1.29 is 4.79 Å². The molecule has 0 radical (unpaired) electrons. The zero-order valence-corrected chi connectivity index (χ0v) is 12.6. The zero-order valence-electron chi connectivity index (χ0n) is 12.6. The summed E-state index contributed by atoms with van der Waals surface area (Å²) in [6.07, 6.45) is 0. The van der Waals surface area contributed by atoms with E-state index in [-0.39, 0.29) is 13.3 Å². The van der Waals surface area contributed by atoms with Gasteiger partial charge in [0.25, 0.3) is 5.91 Å². The summed E-state index contributed by atoms with van der Waals surface area (Å²) in [4.78, 5) is 11.0. The molecule has 0 aromatic heterocycles. The van der Waals surface area contributed by atoms with Gasteiger partial charge in [-0.15, -0.1) is 0 Å². The van der Waals surface area contributed by atoms with E-state index in [4.69, 9.17) is 0 Å². The molecule has 2 heteroatoms. The number of hydrogen-bond donors (Lipinski definition) is 1. The average molecular weight is 265 g/mol. The number of rotatable bonds is 0. The fourth-order valence-corrected chi connectivity index (χ4v) is 1.17. The monoisotopic (exact) mass is 265 g/mol. The minimum Gasteiger partial charge on any atom is -0.348 e. The van der Waals surface area contributed by atoms with Gasteiger partial charge in [-0.25, -0.2) is 0 Å². The molecule has 1 amide bonds. The number of amides is 1. The lowest BCUT2D eigenvalue weighted by Crippen LogP contribution is -2.12. The van der Waals surface area contributed by atoms with E-state index < -0.39 is 0 Å². The first kappa shape index (κ1) is 20.0. The standard InChI is InChI=1S/C8H7NO.2C4H10.CH4/c10-8-7-4-2-1-3-6(7)5-9-8;2*1-4(2)3;/h1-4H,5H2,(H,9,10);2*4H,1-3H3;1H4. The van der Waals surface area contributed by atoms with Crippen LogP contribution >= 0.6 is 0 Å². The second-order valence-corrected chi connectivity index (χ2v) is 5.80. The topological polar surface area (TPSA) is 29.1 Å². The van der Waals surface area contributed by atoms with Gasteiger partial charge in [0.15, 0.2) is 0 Å². The molecule has 110 valence electrons. The molecule has 0 saturated carbocycles. The Morgan fingerprint density at radius 2 is 1.37 bits per heavy atom. The van der Waals surface area contributed by atoms with Crippen molar-refractivity contribution in [2.75, 3.05) is 0 Å². The lowest BCUT2D eigenvalue weighted by atomic mass is 10.1. The molecule has 0 spiro atoms. The number of carbonyl (C=O) groups is 1. The molecule has 2 nitrogen and oxygen atoms in total. The third kappa shape index (κ3) is 10.3.